The lowest BCUT2D eigenvalue weighted by Crippen LogP contribution is -2.58. The second kappa shape index (κ2) is 7.36. The number of ether oxygens (including phenoxy) is 2. The predicted octanol–water partition coefficient (Wildman–Crippen LogP) is 1.31. The van der Waals surface area contributed by atoms with Crippen molar-refractivity contribution in [3.8, 4) is 0 Å². The average molecular weight is 290 g/mol. The van der Waals surface area contributed by atoms with E-state index in [9.17, 15) is 0 Å². The first-order valence-electron chi connectivity index (χ1n) is 8.02. The van der Waals surface area contributed by atoms with E-state index in [1.165, 1.54) is 5.56 Å². The quantitative estimate of drug-likeness (QED) is 0.906. The maximum atomic E-state index is 5.80. The number of hydrogen-bond donors (Lipinski definition) is 1. The van der Waals surface area contributed by atoms with Gasteiger partial charge in [-0.05, 0) is 18.9 Å². The van der Waals surface area contributed by atoms with Gasteiger partial charge in [0.15, 0.2) is 0 Å². The summed E-state index contributed by atoms with van der Waals surface area (Å²) in [4.78, 5) is 2.55. The van der Waals surface area contributed by atoms with Gasteiger partial charge in [0, 0.05) is 31.7 Å². The third kappa shape index (κ3) is 4.27. The Kier molecular flexibility index (Phi) is 5.25. The summed E-state index contributed by atoms with van der Waals surface area (Å²) in [5, 5.41) is 3.67. The third-order valence-electron chi connectivity index (χ3n) is 4.43. The number of rotatable bonds is 4. The van der Waals surface area contributed by atoms with E-state index in [-0.39, 0.29) is 6.10 Å². The summed E-state index contributed by atoms with van der Waals surface area (Å²) in [6.07, 6.45) is 1.32. The largest absolute Gasteiger partial charge is 0.376 e. The fourth-order valence-electron chi connectivity index (χ4n) is 3.19. The summed E-state index contributed by atoms with van der Waals surface area (Å²) in [7, 11) is 0. The maximum Gasteiger partial charge on any atom is 0.0936 e. The molecule has 2 saturated heterocycles. The molecule has 0 bridgehead atoms. The minimum atomic E-state index is 0.233. The molecule has 3 atom stereocenters. The Bertz CT molecular complexity index is 420. The molecular weight excluding hydrogens is 264 g/mol. The van der Waals surface area contributed by atoms with E-state index in [1.54, 1.807) is 0 Å². The zero-order valence-corrected chi connectivity index (χ0v) is 12.8. The molecule has 1 N–H and O–H groups in total. The molecule has 21 heavy (non-hydrogen) atoms. The van der Waals surface area contributed by atoms with Crippen LogP contribution in [0.4, 0.5) is 0 Å². The summed E-state index contributed by atoms with van der Waals surface area (Å²) >= 11 is 0. The van der Waals surface area contributed by atoms with Crippen molar-refractivity contribution in [3.05, 3.63) is 35.9 Å². The zero-order valence-electron chi connectivity index (χ0n) is 12.8. The van der Waals surface area contributed by atoms with Gasteiger partial charge in [-0.3, -0.25) is 4.90 Å². The van der Waals surface area contributed by atoms with Crippen LogP contribution in [0.2, 0.25) is 0 Å². The molecule has 3 unspecified atom stereocenters. The van der Waals surface area contributed by atoms with Crippen LogP contribution in [-0.4, -0.2) is 62.5 Å². The SMILES string of the molecule is CC1CNC(Cc2ccccc2)CN1CC1COCCO1. The Balaban J connectivity index is 1.54. The highest BCUT2D eigenvalue weighted by Gasteiger charge is 2.28. The molecule has 0 saturated carbocycles. The van der Waals surface area contributed by atoms with Crippen molar-refractivity contribution < 1.29 is 9.47 Å². The van der Waals surface area contributed by atoms with Gasteiger partial charge in [0.25, 0.3) is 0 Å². The van der Waals surface area contributed by atoms with Crippen molar-refractivity contribution in [1.29, 1.82) is 0 Å². The molecule has 2 aliphatic heterocycles. The van der Waals surface area contributed by atoms with Crippen LogP contribution >= 0.6 is 0 Å². The Morgan fingerprint density at radius 1 is 1.24 bits per heavy atom. The molecule has 0 radical (unpaired) electrons. The number of nitrogens with one attached hydrogen (secondary N) is 1. The number of nitrogens with zero attached hydrogens (tertiary/aromatic N) is 1. The lowest BCUT2D eigenvalue weighted by molar-refractivity contribution is -0.102. The third-order valence-corrected chi connectivity index (χ3v) is 4.43. The smallest absolute Gasteiger partial charge is 0.0936 e. The molecular formula is C17H26N2O2. The highest BCUT2D eigenvalue weighted by Crippen LogP contribution is 2.13. The van der Waals surface area contributed by atoms with Crippen molar-refractivity contribution in [2.75, 3.05) is 39.5 Å². The molecule has 2 aliphatic rings. The van der Waals surface area contributed by atoms with Crippen molar-refractivity contribution >= 4 is 0 Å². The molecule has 1 aromatic rings. The molecule has 4 nitrogen and oxygen atoms in total. The molecule has 2 heterocycles. The van der Waals surface area contributed by atoms with Gasteiger partial charge in [0.1, 0.15) is 0 Å². The molecule has 116 valence electrons. The minimum absolute atomic E-state index is 0.233. The Labute approximate surface area is 127 Å². The van der Waals surface area contributed by atoms with Crippen LogP contribution in [0.15, 0.2) is 30.3 Å². The van der Waals surface area contributed by atoms with E-state index in [2.05, 4.69) is 47.5 Å². The number of benzene rings is 1. The normalized spacial score (nSPS) is 31.2. The highest BCUT2D eigenvalue weighted by molar-refractivity contribution is 5.16. The van der Waals surface area contributed by atoms with E-state index in [0.717, 1.165) is 45.9 Å². The zero-order chi connectivity index (χ0) is 14.5. The van der Waals surface area contributed by atoms with E-state index in [0.29, 0.717) is 12.1 Å². The molecule has 0 aliphatic carbocycles. The molecule has 0 spiro atoms. The first kappa shape index (κ1) is 15.0. The topological polar surface area (TPSA) is 33.7 Å². The lowest BCUT2D eigenvalue weighted by atomic mass is 10.0. The Hall–Kier alpha value is -0.940. The van der Waals surface area contributed by atoms with Crippen LogP contribution in [-0.2, 0) is 15.9 Å². The standard InChI is InChI=1S/C17H26N2O2/c1-14-10-18-16(9-15-5-3-2-4-6-15)11-19(14)12-17-13-20-7-8-21-17/h2-6,14,16-18H,7-13H2,1H3. The van der Waals surface area contributed by atoms with Crippen LogP contribution < -0.4 is 5.32 Å². The summed E-state index contributed by atoms with van der Waals surface area (Å²) in [5.41, 5.74) is 1.40. The minimum Gasteiger partial charge on any atom is -0.376 e. The fraction of sp³-hybridized carbons (Fsp3) is 0.647. The van der Waals surface area contributed by atoms with Gasteiger partial charge in [-0.2, -0.15) is 0 Å². The van der Waals surface area contributed by atoms with E-state index in [1.807, 2.05) is 0 Å². The van der Waals surface area contributed by atoms with E-state index in [4.69, 9.17) is 9.47 Å². The summed E-state index contributed by atoms with van der Waals surface area (Å²) in [6.45, 7) is 7.60. The molecule has 4 heteroatoms. The average Bonchev–Trinajstić information content (AvgIpc) is 2.53. The summed E-state index contributed by atoms with van der Waals surface area (Å²) < 4.78 is 11.3. The van der Waals surface area contributed by atoms with Gasteiger partial charge in [0.05, 0.1) is 25.9 Å². The van der Waals surface area contributed by atoms with Crippen LogP contribution in [0.3, 0.4) is 0 Å². The number of piperazine rings is 1. The molecule has 1 aromatic carbocycles. The van der Waals surface area contributed by atoms with E-state index < -0.39 is 0 Å². The second-order valence-electron chi connectivity index (χ2n) is 6.17. The molecule has 3 rings (SSSR count). The van der Waals surface area contributed by atoms with Crippen molar-refractivity contribution in [3.63, 3.8) is 0 Å². The van der Waals surface area contributed by atoms with Gasteiger partial charge < -0.3 is 14.8 Å². The van der Waals surface area contributed by atoms with Crippen LogP contribution in [0.1, 0.15) is 12.5 Å². The lowest BCUT2D eigenvalue weighted by Gasteiger charge is -2.41. The van der Waals surface area contributed by atoms with Crippen LogP contribution in [0, 0.1) is 0 Å². The summed E-state index contributed by atoms with van der Waals surface area (Å²) in [5.74, 6) is 0. The van der Waals surface area contributed by atoms with Crippen molar-refractivity contribution in [2.24, 2.45) is 0 Å². The maximum absolute atomic E-state index is 5.80. The van der Waals surface area contributed by atoms with Crippen LogP contribution in [0.5, 0.6) is 0 Å². The van der Waals surface area contributed by atoms with Gasteiger partial charge in [0.2, 0.25) is 0 Å². The monoisotopic (exact) mass is 290 g/mol. The second-order valence-corrected chi connectivity index (χ2v) is 6.17. The first-order chi connectivity index (χ1) is 10.3. The Morgan fingerprint density at radius 2 is 2.10 bits per heavy atom. The highest BCUT2D eigenvalue weighted by atomic mass is 16.6. The van der Waals surface area contributed by atoms with Crippen molar-refractivity contribution in [1.82, 2.24) is 10.2 Å². The van der Waals surface area contributed by atoms with E-state index >= 15 is 0 Å². The first-order valence-corrected chi connectivity index (χ1v) is 8.02. The summed E-state index contributed by atoms with van der Waals surface area (Å²) in [6, 6.07) is 11.8. The van der Waals surface area contributed by atoms with Crippen LogP contribution in [0.25, 0.3) is 0 Å². The molecule has 2 fully saturated rings. The van der Waals surface area contributed by atoms with Gasteiger partial charge in [-0.15, -0.1) is 0 Å². The predicted molar refractivity (Wildman–Crippen MR) is 83.5 cm³/mol. The van der Waals surface area contributed by atoms with Crippen molar-refractivity contribution in [2.45, 2.75) is 31.5 Å². The fourth-order valence-corrected chi connectivity index (χ4v) is 3.19. The molecule has 0 aromatic heterocycles. The van der Waals surface area contributed by atoms with Gasteiger partial charge in [-0.1, -0.05) is 30.3 Å². The number of hydrogen-bond acceptors (Lipinski definition) is 4. The van der Waals surface area contributed by atoms with Gasteiger partial charge in [-0.25, -0.2) is 0 Å². The Morgan fingerprint density at radius 3 is 2.86 bits per heavy atom. The molecule has 0 amide bonds. The van der Waals surface area contributed by atoms with Gasteiger partial charge >= 0.3 is 0 Å².